The van der Waals surface area contributed by atoms with Gasteiger partial charge in [0.25, 0.3) is 0 Å². The number of para-hydroxylation sites is 1. The van der Waals surface area contributed by atoms with Gasteiger partial charge in [0.15, 0.2) is 0 Å². The highest BCUT2D eigenvalue weighted by Gasteiger charge is 2.21. The van der Waals surface area contributed by atoms with Crippen LogP contribution < -0.4 is 10.2 Å². The number of rotatable bonds is 2. The zero-order chi connectivity index (χ0) is 13.9. The average molecular weight is 331 g/mol. The summed E-state index contributed by atoms with van der Waals surface area (Å²) < 4.78 is 1.18. The maximum Gasteiger partial charge on any atom is 0.0526 e. The highest BCUT2D eigenvalue weighted by molar-refractivity contribution is 9.10. The normalized spacial score (nSPS) is 16.4. The fourth-order valence-electron chi connectivity index (χ4n) is 2.87. The van der Waals surface area contributed by atoms with Gasteiger partial charge in [-0.05, 0) is 30.2 Å². The third-order valence-corrected chi connectivity index (χ3v) is 4.69. The first kappa shape index (κ1) is 13.7. The SMILES string of the molecule is CC(c1ccccc1Br)N1CCNCc2ccccc21. The van der Waals surface area contributed by atoms with Crippen molar-refractivity contribution >= 4 is 21.6 Å². The van der Waals surface area contributed by atoms with Gasteiger partial charge in [0.2, 0.25) is 0 Å². The van der Waals surface area contributed by atoms with E-state index >= 15 is 0 Å². The number of fused-ring (bicyclic) bond motifs is 1. The number of nitrogens with one attached hydrogen (secondary N) is 1. The topological polar surface area (TPSA) is 15.3 Å². The van der Waals surface area contributed by atoms with Crippen LogP contribution in [0.5, 0.6) is 0 Å². The molecule has 2 nitrogen and oxygen atoms in total. The van der Waals surface area contributed by atoms with Gasteiger partial charge in [0.05, 0.1) is 6.04 Å². The fraction of sp³-hybridized carbons (Fsp3) is 0.294. The lowest BCUT2D eigenvalue weighted by molar-refractivity contribution is 0.637. The molecule has 0 fully saturated rings. The van der Waals surface area contributed by atoms with E-state index in [-0.39, 0.29) is 0 Å². The molecule has 0 aliphatic carbocycles. The van der Waals surface area contributed by atoms with E-state index in [2.05, 4.69) is 81.6 Å². The second kappa shape index (κ2) is 5.98. The van der Waals surface area contributed by atoms with Crippen molar-refractivity contribution in [2.24, 2.45) is 0 Å². The van der Waals surface area contributed by atoms with E-state index in [9.17, 15) is 0 Å². The number of anilines is 1. The summed E-state index contributed by atoms with van der Waals surface area (Å²) >= 11 is 3.68. The Morgan fingerprint density at radius 2 is 1.85 bits per heavy atom. The quantitative estimate of drug-likeness (QED) is 0.890. The van der Waals surface area contributed by atoms with Gasteiger partial charge in [-0.3, -0.25) is 0 Å². The summed E-state index contributed by atoms with van der Waals surface area (Å²) in [6.07, 6.45) is 0. The van der Waals surface area contributed by atoms with E-state index in [1.807, 2.05) is 0 Å². The lowest BCUT2D eigenvalue weighted by atomic mass is 10.0. The Bertz CT molecular complexity index is 597. The smallest absolute Gasteiger partial charge is 0.0526 e. The Morgan fingerprint density at radius 1 is 1.10 bits per heavy atom. The zero-order valence-electron chi connectivity index (χ0n) is 11.6. The Hall–Kier alpha value is -1.32. The molecule has 2 aromatic carbocycles. The van der Waals surface area contributed by atoms with E-state index < -0.39 is 0 Å². The molecule has 0 spiro atoms. The molecule has 1 atom stereocenters. The van der Waals surface area contributed by atoms with Crippen molar-refractivity contribution < 1.29 is 0 Å². The fourth-order valence-corrected chi connectivity index (χ4v) is 3.48. The first-order valence-corrected chi connectivity index (χ1v) is 7.86. The highest BCUT2D eigenvalue weighted by atomic mass is 79.9. The predicted octanol–water partition coefficient (Wildman–Crippen LogP) is 4.12. The van der Waals surface area contributed by atoms with Gasteiger partial charge >= 0.3 is 0 Å². The first-order valence-electron chi connectivity index (χ1n) is 7.07. The number of benzene rings is 2. The van der Waals surface area contributed by atoms with Crippen molar-refractivity contribution in [3.63, 3.8) is 0 Å². The summed E-state index contributed by atoms with van der Waals surface area (Å²) in [6, 6.07) is 17.5. The van der Waals surface area contributed by atoms with Gasteiger partial charge in [-0.1, -0.05) is 52.3 Å². The molecule has 20 heavy (non-hydrogen) atoms. The second-order valence-electron chi connectivity index (χ2n) is 5.20. The Kier molecular flexibility index (Phi) is 4.08. The van der Waals surface area contributed by atoms with Crippen LogP contribution in [-0.4, -0.2) is 13.1 Å². The minimum atomic E-state index is 0.353. The van der Waals surface area contributed by atoms with Crippen molar-refractivity contribution in [3.05, 3.63) is 64.1 Å². The number of halogens is 1. The van der Waals surface area contributed by atoms with Crippen LogP contribution in [0.4, 0.5) is 5.69 Å². The number of hydrogen-bond acceptors (Lipinski definition) is 2. The standard InChI is InChI=1S/C17H19BrN2/c1-13(15-7-3-4-8-16(15)18)20-11-10-19-12-14-6-2-5-9-17(14)20/h2-9,13,19H,10-12H2,1H3. The molecule has 2 aromatic rings. The molecular weight excluding hydrogens is 312 g/mol. The third kappa shape index (κ3) is 2.60. The van der Waals surface area contributed by atoms with Gasteiger partial charge in [-0.2, -0.15) is 0 Å². The summed E-state index contributed by atoms with van der Waals surface area (Å²) in [5.41, 5.74) is 4.06. The van der Waals surface area contributed by atoms with Gasteiger partial charge in [-0.25, -0.2) is 0 Å². The van der Waals surface area contributed by atoms with Crippen LogP contribution in [0.25, 0.3) is 0 Å². The predicted molar refractivity (Wildman–Crippen MR) is 88.1 cm³/mol. The molecule has 0 bridgehead atoms. The van der Waals surface area contributed by atoms with Crippen LogP contribution in [0.1, 0.15) is 24.1 Å². The molecule has 0 amide bonds. The molecule has 1 heterocycles. The molecule has 1 unspecified atom stereocenters. The molecule has 3 heteroatoms. The van der Waals surface area contributed by atoms with Gasteiger partial charge in [0, 0.05) is 29.8 Å². The van der Waals surface area contributed by atoms with E-state index in [0.717, 1.165) is 19.6 Å². The van der Waals surface area contributed by atoms with Crippen molar-refractivity contribution in [3.8, 4) is 0 Å². The molecule has 1 N–H and O–H groups in total. The maximum absolute atomic E-state index is 3.68. The molecule has 104 valence electrons. The summed E-state index contributed by atoms with van der Waals surface area (Å²) in [4.78, 5) is 2.50. The third-order valence-electron chi connectivity index (χ3n) is 3.97. The van der Waals surface area contributed by atoms with Gasteiger partial charge in [0.1, 0.15) is 0 Å². The molecule has 1 aliphatic heterocycles. The number of hydrogen-bond donors (Lipinski definition) is 1. The largest absolute Gasteiger partial charge is 0.363 e. The second-order valence-corrected chi connectivity index (χ2v) is 6.05. The van der Waals surface area contributed by atoms with E-state index in [0.29, 0.717) is 6.04 Å². The highest BCUT2D eigenvalue weighted by Crippen LogP contribution is 2.33. The van der Waals surface area contributed by atoms with E-state index in [4.69, 9.17) is 0 Å². The Morgan fingerprint density at radius 3 is 2.70 bits per heavy atom. The van der Waals surface area contributed by atoms with Crippen LogP contribution in [-0.2, 0) is 6.54 Å². The molecule has 1 aliphatic rings. The maximum atomic E-state index is 3.68. The minimum absolute atomic E-state index is 0.353. The van der Waals surface area contributed by atoms with Crippen molar-refractivity contribution in [1.82, 2.24) is 5.32 Å². The zero-order valence-corrected chi connectivity index (χ0v) is 13.2. The van der Waals surface area contributed by atoms with Crippen molar-refractivity contribution in [1.29, 1.82) is 0 Å². The van der Waals surface area contributed by atoms with E-state index in [1.165, 1.54) is 21.3 Å². The van der Waals surface area contributed by atoms with Crippen LogP contribution in [0.2, 0.25) is 0 Å². The van der Waals surface area contributed by atoms with Crippen molar-refractivity contribution in [2.45, 2.75) is 19.5 Å². The molecule has 0 aromatic heterocycles. The minimum Gasteiger partial charge on any atom is -0.363 e. The van der Waals surface area contributed by atoms with Crippen molar-refractivity contribution in [2.75, 3.05) is 18.0 Å². The summed E-state index contributed by atoms with van der Waals surface area (Å²) in [5, 5.41) is 3.50. The lowest BCUT2D eigenvalue weighted by Gasteiger charge is -2.32. The summed E-state index contributed by atoms with van der Waals surface area (Å²) in [6.45, 7) is 5.28. The van der Waals surface area contributed by atoms with E-state index in [1.54, 1.807) is 0 Å². The van der Waals surface area contributed by atoms with Crippen LogP contribution in [0.15, 0.2) is 53.0 Å². The Labute approximate surface area is 128 Å². The molecule has 0 saturated heterocycles. The molecular formula is C17H19BrN2. The van der Waals surface area contributed by atoms with Gasteiger partial charge < -0.3 is 10.2 Å². The molecule has 0 radical (unpaired) electrons. The van der Waals surface area contributed by atoms with Crippen LogP contribution in [0, 0.1) is 0 Å². The average Bonchev–Trinajstić information content (AvgIpc) is 2.69. The lowest BCUT2D eigenvalue weighted by Crippen LogP contribution is -2.31. The number of nitrogens with zero attached hydrogens (tertiary/aromatic N) is 1. The molecule has 0 saturated carbocycles. The summed E-state index contributed by atoms with van der Waals surface area (Å²) in [5.74, 6) is 0. The molecule has 3 rings (SSSR count). The van der Waals surface area contributed by atoms with Crippen LogP contribution >= 0.6 is 15.9 Å². The van der Waals surface area contributed by atoms with Crippen LogP contribution in [0.3, 0.4) is 0 Å². The summed E-state index contributed by atoms with van der Waals surface area (Å²) in [7, 11) is 0. The van der Waals surface area contributed by atoms with Gasteiger partial charge in [-0.15, -0.1) is 0 Å². The monoisotopic (exact) mass is 330 g/mol. The Balaban J connectivity index is 1.99. The first-order chi connectivity index (χ1) is 9.77.